The van der Waals surface area contributed by atoms with Crippen LogP contribution in [0.25, 0.3) is 10.9 Å². The zero-order valence-corrected chi connectivity index (χ0v) is 12.1. The van der Waals surface area contributed by atoms with Crippen LogP contribution in [-0.2, 0) is 0 Å². The van der Waals surface area contributed by atoms with Crippen molar-refractivity contribution in [3.05, 3.63) is 64.8 Å². The van der Waals surface area contributed by atoms with E-state index in [0.717, 1.165) is 26.8 Å². The van der Waals surface area contributed by atoms with Crippen molar-refractivity contribution < 1.29 is 0 Å². The van der Waals surface area contributed by atoms with Crippen LogP contribution in [0.4, 0.5) is 11.4 Å². The van der Waals surface area contributed by atoms with Crippen molar-refractivity contribution in [1.29, 1.82) is 5.26 Å². The third-order valence-electron chi connectivity index (χ3n) is 2.95. The Morgan fingerprint density at radius 3 is 2.80 bits per heavy atom. The van der Waals surface area contributed by atoms with E-state index in [4.69, 9.17) is 5.26 Å². The van der Waals surface area contributed by atoms with Crippen LogP contribution in [-0.4, -0.2) is 4.98 Å². The fourth-order valence-corrected chi connectivity index (χ4v) is 2.41. The Labute approximate surface area is 125 Å². The SMILES string of the molecule is N#Cc1cccc(Nc2cccc3cc(Br)cnc23)c1. The minimum absolute atomic E-state index is 0.631. The molecule has 0 unspecified atom stereocenters. The maximum atomic E-state index is 8.94. The average molecular weight is 324 g/mol. The van der Waals surface area contributed by atoms with Crippen LogP contribution < -0.4 is 5.32 Å². The summed E-state index contributed by atoms with van der Waals surface area (Å²) in [5.74, 6) is 0. The Balaban J connectivity index is 2.04. The molecule has 0 spiro atoms. The second-order valence-electron chi connectivity index (χ2n) is 4.35. The van der Waals surface area contributed by atoms with Gasteiger partial charge in [0.15, 0.2) is 0 Å². The number of fused-ring (bicyclic) bond motifs is 1. The van der Waals surface area contributed by atoms with Crippen LogP contribution in [0.3, 0.4) is 0 Å². The van der Waals surface area contributed by atoms with Gasteiger partial charge in [-0.05, 0) is 46.3 Å². The summed E-state index contributed by atoms with van der Waals surface area (Å²) < 4.78 is 0.952. The Morgan fingerprint density at radius 1 is 1.10 bits per heavy atom. The number of rotatable bonds is 2. The van der Waals surface area contributed by atoms with Crippen molar-refractivity contribution in [2.75, 3.05) is 5.32 Å². The van der Waals surface area contributed by atoms with E-state index in [1.165, 1.54) is 0 Å². The molecule has 1 N–H and O–H groups in total. The molecule has 0 saturated heterocycles. The van der Waals surface area contributed by atoms with E-state index in [-0.39, 0.29) is 0 Å². The summed E-state index contributed by atoms with van der Waals surface area (Å²) in [5, 5.41) is 13.3. The summed E-state index contributed by atoms with van der Waals surface area (Å²) in [4.78, 5) is 4.45. The highest BCUT2D eigenvalue weighted by molar-refractivity contribution is 9.10. The Morgan fingerprint density at radius 2 is 1.95 bits per heavy atom. The largest absolute Gasteiger partial charge is 0.354 e. The molecule has 0 aliphatic rings. The first kappa shape index (κ1) is 12.6. The van der Waals surface area contributed by atoms with Gasteiger partial charge in [0, 0.05) is 21.7 Å². The van der Waals surface area contributed by atoms with Gasteiger partial charge in [0.05, 0.1) is 22.8 Å². The van der Waals surface area contributed by atoms with Gasteiger partial charge < -0.3 is 5.32 Å². The molecule has 0 saturated carbocycles. The standard InChI is InChI=1S/C16H10BrN3/c17-13-8-12-4-2-6-15(16(12)19-10-13)20-14-5-1-3-11(7-14)9-18/h1-8,10,20H. The summed E-state index contributed by atoms with van der Waals surface area (Å²) in [7, 11) is 0. The number of para-hydroxylation sites is 1. The summed E-state index contributed by atoms with van der Waals surface area (Å²) in [6.07, 6.45) is 1.78. The molecule has 0 radical (unpaired) electrons. The van der Waals surface area contributed by atoms with E-state index in [0.29, 0.717) is 5.56 Å². The first-order chi connectivity index (χ1) is 9.76. The first-order valence-electron chi connectivity index (χ1n) is 6.08. The van der Waals surface area contributed by atoms with Crippen LogP contribution in [0.1, 0.15) is 5.56 Å². The van der Waals surface area contributed by atoms with E-state index in [2.05, 4.69) is 32.3 Å². The van der Waals surface area contributed by atoms with Crippen molar-refractivity contribution in [2.45, 2.75) is 0 Å². The minimum atomic E-state index is 0.631. The van der Waals surface area contributed by atoms with Crippen LogP contribution in [0.5, 0.6) is 0 Å². The van der Waals surface area contributed by atoms with Crippen molar-refractivity contribution in [1.82, 2.24) is 4.98 Å². The summed E-state index contributed by atoms with van der Waals surface area (Å²) in [5.41, 5.74) is 3.33. The molecule has 1 aromatic heterocycles. The van der Waals surface area contributed by atoms with Gasteiger partial charge in [-0.25, -0.2) is 0 Å². The number of aromatic nitrogens is 1. The van der Waals surface area contributed by atoms with Gasteiger partial charge in [-0.2, -0.15) is 5.26 Å². The normalized spacial score (nSPS) is 10.2. The van der Waals surface area contributed by atoms with E-state index in [1.54, 1.807) is 12.3 Å². The number of nitrogens with one attached hydrogen (secondary N) is 1. The van der Waals surface area contributed by atoms with Crippen LogP contribution >= 0.6 is 15.9 Å². The van der Waals surface area contributed by atoms with Crippen molar-refractivity contribution in [2.24, 2.45) is 0 Å². The zero-order chi connectivity index (χ0) is 13.9. The lowest BCUT2D eigenvalue weighted by Crippen LogP contribution is -1.93. The highest BCUT2D eigenvalue weighted by Crippen LogP contribution is 2.26. The number of hydrogen-bond donors (Lipinski definition) is 1. The number of hydrogen-bond acceptors (Lipinski definition) is 3. The molecule has 0 amide bonds. The van der Waals surface area contributed by atoms with Gasteiger partial charge in [-0.3, -0.25) is 4.98 Å². The molecule has 0 aliphatic carbocycles. The van der Waals surface area contributed by atoms with Gasteiger partial charge in [0.25, 0.3) is 0 Å². The van der Waals surface area contributed by atoms with E-state index in [9.17, 15) is 0 Å². The Hall–Kier alpha value is -2.38. The maximum absolute atomic E-state index is 8.94. The molecule has 1 heterocycles. The third-order valence-corrected chi connectivity index (χ3v) is 3.38. The first-order valence-corrected chi connectivity index (χ1v) is 6.87. The monoisotopic (exact) mass is 323 g/mol. The van der Waals surface area contributed by atoms with Crippen molar-refractivity contribution in [3.63, 3.8) is 0 Å². The molecule has 3 nitrogen and oxygen atoms in total. The highest BCUT2D eigenvalue weighted by atomic mass is 79.9. The molecule has 0 atom stereocenters. The number of benzene rings is 2. The van der Waals surface area contributed by atoms with Crippen LogP contribution in [0, 0.1) is 11.3 Å². The molecular weight excluding hydrogens is 314 g/mol. The fourth-order valence-electron chi connectivity index (χ4n) is 2.06. The molecule has 4 heteroatoms. The minimum Gasteiger partial charge on any atom is -0.354 e. The molecule has 96 valence electrons. The Bertz CT molecular complexity index is 821. The van der Waals surface area contributed by atoms with Gasteiger partial charge in [-0.1, -0.05) is 18.2 Å². The molecule has 20 heavy (non-hydrogen) atoms. The summed E-state index contributed by atoms with van der Waals surface area (Å²) >= 11 is 3.42. The lowest BCUT2D eigenvalue weighted by Gasteiger charge is -2.09. The number of anilines is 2. The van der Waals surface area contributed by atoms with E-state index in [1.807, 2.05) is 42.5 Å². The van der Waals surface area contributed by atoms with Crippen LogP contribution in [0.2, 0.25) is 0 Å². The molecule has 0 fully saturated rings. The van der Waals surface area contributed by atoms with Gasteiger partial charge in [-0.15, -0.1) is 0 Å². The predicted octanol–water partition coefficient (Wildman–Crippen LogP) is 4.61. The van der Waals surface area contributed by atoms with Crippen molar-refractivity contribution in [3.8, 4) is 6.07 Å². The van der Waals surface area contributed by atoms with E-state index >= 15 is 0 Å². The highest BCUT2D eigenvalue weighted by Gasteiger charge is 2.03. The summed E-state index contributed by atoms with van der Waals surface area (Å²) in [6.45, 7) is 0. The molecular formula is C16H10BrN3. The molecule has 0 bridgehead atoms. The van der Waals surface area contributed by atoms with Gasteiger partial charge in [0.1, 0.15) is 0 Å². The smallest absolute Gasteiger partial charge is 0.0992 e. The fraction of sp³-hybridized carbons (Fsp3) is 0. The molecule has 3 aromatic rings. The quantitative estimate of drug-likeness (QED) is 0.749. The van der Waals surface area contributed by atoms with Gasteiger partial charge >= 0.3 is 0 Å². The van der Waals surface area contributed by atoms with Crippen molar-refractivity contribution >= 4 is 38.2 Å². The lowest BCUT2D eigenvalue weighted by atomic mass is 10.1. The molecule has 0 aliphatic heterocycles. The second kappa shape index (κ2) is 5.32. The Kier molecular flexibility index (Phi) is 3.36. The number of nitrogens with zero attached hydrogens (tertiary/aromatic N) is 2. The average Bonchev–Trinajstić information content (AvgIpc) is 2.47. The predicted molar refractivity (Wildman–Crippen MR) is 83.9 cm³/mol. The van der Waals surface area contributed by atoms with E-state index < -0.39 is 0 Å². The zero-order valence-electron chi connectivity index (χ0n) is 10.5. The number of nitriles is 1. The van der Waals surface area contributed by atoms with Crippen LogP contribution in [0.15, 0.2) is 59.2 Å². The second-order valence-corrected chi connectivity index (χ2v) is 5.26. The lowest BCUT2D eigenvalue weighted by molar-refractivity contribution is 1.38. The third kappa shape index (κ3) is 2.49. The molecule has 2 aromatic carbocycles. The van der Waals surface area contributed by atoms with Gasteiger partial charge in [0.2, 0.25) is 0 Å². The maximum Gasteiger partial charge on any atom is 0.0992 e. The number of halogens is 1. The molecule has 3 rings (SSSR count). The summed E-state index contributed by atoms with van der Waals surface area (Å²) in [6, 6.07) is 17.5. The topological polar surface area (TPSA) is 48.7 Å². The number of pyridine rings is 1.